The number of hydrogen-bond donors (Lipinski definition) is 2. The number of anilines is 1. The van der Waals surface area contributed by atoms with Gasteiger partial charge in [-0.25, -0.2) is 4.39 Å². The first-order valence-corrected chi connectivity index (χ1v) is 5.89. The molecule has 0 fully saturated rings. The topological polar surface area (TPSA) is 44.7 Å². The van der Waals surface area contributed by atoms with E-state index >= 15 is 0 Å². The highest BCUT2D eigenvalue weighted by Crippen LogP contribution is 2.19. The maximum absolute atomic E-state index is 13.9. The molecular weight excluding hydrogens is 235 g/mol. The Bertz CT molecular complexity index is 374. The molecule has 0 radical (unpaired) electrons. The molecule has 0 saturated carbocycles. The van der Waals surface area contributed by atoms with Crippen LogP contribution in [0.15, 0.2) is 18.2 Å². The van der Waals surface area contributed by atoms with E-state index in [4.69, 9.17) is 4.74 Å². The molecule has 0 aromatic heterocycles. The summed E-state index contributed by atoms with van der Waals surface area (Å²) in [4.78, 5) is 1.68. The fourth-order valence-corrected chi connectivity index (χ4v) is 1.83. The van der Waals surface area contributed by atoms with Crippen LogP contribution in [0.25, 0.3) is 0 Å². The number of methoxy groups -OCH3 is 1. The van der Waals surface area contributed by atoms with Crippen LogP contribution in [-0.4, -0.2) is 45.6 Å². The third-order valence-electron chi connectivity index (χ3n) is 2.65. The molecule has 1 rings (SSSR count). The predicted molar refractivity (Wildman–Crippen MR) is 70.3 cm³/mol. The second kappa shape index (κ2) is 7.31. The van der Waals surface area contributed by atoms with Crippen molar-refractivity contribution in [1.82, 2.24) is 5.32 Å². The largest absolute Gasteiger partial charge is 0.389 e. The molecule has 0 heterocycles. The van der Waals surface area contributed by atoms with E-state index in [2.05, 4.69) is 5.32 Å². The molecule has 0 amide bonds. The standard InChI is InChI=1S/C13H21FN2O2/c1-15-7-10-4-5-13(12(14)6-10)16(2)8-11(17)9-18-3/h4-6,11,15,17H,7-9H2,1-3H3. The Balaban J connectivity index is 2.70. The number of aliphatic hydroxyl groups is 1. The van der Waals surface area contributed by atoms with Gasteiger partial charge in [0.15, 0.2) is 0 Å². The molecule has 4 nitrogen and oxygen atoms in total. The van der Waals surface area contributed by atoms with E-state index in [1.807, 2.05) is 13.1 Å². The Morgan fingerprint density at radius 2 is 2.22 bits per heavy atom. The van der Waals surface area contributed by atoms with Crippen molar-refractivity contribution in [3.05, 3.63) is 29.6 Å². The summed E-state index contributed by atoms with van der Waals surface area (Å²) in [6, 6.07) is 5.10. The molecule has 0 saturated heterocycles. The summed E-state index contributed by atoms with van der Waals surface area (Å²) in [5, 5.41) is 12.6. The van der Waals surface area contributed by atoms with Crippen molar-refractivity contribution in [2.45, 2.75) is 12.6 Å². The van der Waals surface area contributed by atoms with Crippen molar-refractivity contribution in [1.29, 1.82) is 0 Å². The normalized spacial score (nSPS) is 12.5. The van der Waals surface area contributed by atoms with Gasteiger partial charge in [-0.15, -0.1) is 0 Å². The van der Waals surface area contributed by atoms with Crippen molar-refractivity contribution in [3.8, 4) is 0 Å². The van der Waals surface area contributed by atoms with Gasteiger partial charge < -0.3 is 20.1 Å². The van der Waals surface area contributed by atoms with Gasteiger partial charge in [0, 0.05) is 27.2 Å². The second-order valence-corrected chi connectivity index (χ2v) is 4.31. The van der Waals surface area contributed by atoms with Crippen molar-refractivity contribution in [2.75, 3.05) is 39.3 Å². The number of halogens is 1. The first-order valence-electron chi connectivity index (χ1n) is 5.89. The van der Waals surface area contributed by atoms with Crippen molar-refractivity contribution in [3.63, 3.8) is 0 Å². The Hall–Kier alpha value is -1.17. The average molecular weight is 256 g/mol. The van der Waals surface area contributed by atoms with Gasteiger partial charge in [0.05, 0.1) is 18.4 Å². The maximum atomic E-state index is 13.9. The van der Waals surface area contributed by atoms with Crippen LogP contribution >= 0.6 is 0 Å². The molecule has 1 unspecified atom stereocenters. The molecule has 2 N–H and O–H groups in total. The number of hydrogen-bond acceptors (Lipinski definition) is 4. The predicted octanol–water partition coefficient (Wildman–Crippen LogP) is 0.989. The van der Waals surface area contributed by atoms with Gasteiger partial charge in [-0.3, -0.25) is 0 Å². The van der Waals surface area contributed by atoms with Gasteiger partial charge in [-0.2, -0.15) is 0 Å². The zero-order valence-electron chi connectivity index (χ0n) is 11.1. The van der Waals surface area contributed by atoms with Gasteiger partial charge in [-0.05, 0) is 24.7 Å². The molecule has 0 aliphatic rings. The lowest BCUT2D eigenvalue weighted by Gasteiger charge is -2.23. The van der Waals surface area contributed by atoms with Crippen LogP contribution in [0.1, 0.15) is 5.56 Å². The highest BCUT2D eigenvalue weighted by Gasteiger charge is 2.12. The van der Waals surface area contributed by atoms with Crippen LogP contribution in [-0.2, 0) is 11.3 Å². The van der Waals surface area contributed by atoms with E-state index in [0.29, 0.717) is 18.8 Å². The smallest absolute Gasteiger partial charge is 0.146 e. The summed E-state index contributed by atoms with van der Waals surface area (Å²) >= 11 is 0. The van der Waals surface area contributed by atoms with E-state index in [9.17, 15) is 9.50 Å². The third-order valence-corrected chi connectivity index (χ3v) is 2.65. The van der Waals surface area contributed by atoms with Crippen LogP contribution in [0.4, 0.5) is 10.1 Å². The summed E-state index contributed by atoms with van der Waals surface area (Å²) < 4.78 is 18.7. The number of rotatable bonds is 7. The van der Waals surface area contributed by atoms with E-state index in [-0.39, 0.29) is 12.4 Å². The summed E-state index contributed by atoms with van der Waals surface area (Å²) in [5.41, 5.74) is 1.37. The van der Waals surface area contributed by atoms with E-state index in [0.717, 1.165) is 5.56 Å². The van der Waals surface area contributed by atoms with Crippen LogP contribution in [0.3, 0.4) is 0 Å². The quantitative estimate of drug-likeness (QED) is 0.763. The number of nitrogens with one attached hydrogen (secondary N) is 1. The van der Waals surface area contributed by atoms with E-state index in [1.54, 1.807) is 18.0 Å². The Kier molecular flexibility index (Phi) is 6.04. The van der Waals surface area contributed by atoms with Crippen molar-refractivity contribution >= 4 is 5.69 Å². The summed E-state index contributed by atoms with van der Waals surface area (Å²) in [5.74, 6) is -0.283. The fraction of sp³-hybridized carbons (Fsp3) is 0.538. The number of likely N-dealkylation sites (N-methyl/N-ethyl adjacent to an activating group) is 1. The van der Waals surface area contributed by atoms with Crippen LogP contribution < -0.4 is 10.2 Å². The average Bonchev–Trinajstić information content (AvgIpc) is 2.29. The SMILES string of the molecule is CNCc1ccc(N(C)CC(O)COC)c(F)c1. The lowest BCUT2D eigenvalue weighted by Crippen LogP contribution is -2.32. The van der Waals surface area contributed by atoms with E-state index < -0.39 is 6.10 Å². The van der Waals surface area contributed by atoms with Crippen molar-refractivity contribution < 1.29 is 14.2 Å². The summed E-state index contributed by atoms with van der Waals surface area (Å²) in [7, 11) is 5.09. The number of ether oxygens (including phenoxy) is 1. The third kappa shape index (κ3) is 4.25. The molecule has 0 aliphatic carbocycles. The molecule has 0 bridgehead atoms. The molecule has 5 heteroatoms. The maximum Gasteiger partial charge on any atom is 0.146 e. The molecule has 0 aliphatic heterocycles. The first-order chi connectivity index (χ1) is 8.58. The van der Waals surface area contributed by atoms with E-state index in [1.165, 1.54) is 13.2 Å². The minimum Gasteiger partial charge on any atom is -0.389 e. The number of aliphatic hydroxyl groups excluding tert-OH is 1. The molecule has 0 spiro atoms. The zero-order chi connectivity index (χ0) is 13.5. The van der Waals surface area contributed by atoms with Crippen molar-refractivity contribution in [2.24, 2.45) is 0 Å². The molecule has 1 atom stereocenters. The summed E-state index contributed by atoms with van der Waals surface area (Å²) in [6.07, 6.45) is -0.628. The summed E-state index contributed by atoms with van der Waals surface area (Å²) in [6.45, 7) is 1.20. The number of nitrogens with zero attached hydrogens (tertiary/aromatic N) is 1. The minimum absolute atomic E-state index is 0.240. The van der Waals surface area contributed by atoms with Gasteiger partial charge in [0.2, 0.25) is 0 Å². The lowest BCUT2D eigenvalue weighted by molar-refractivity contribution is 0.0694. The highest BCUT2D eigenvalue weighted by molar-refractivity contribution is 5.48. The van der Waals surface area contributed by atoms with Gasteiger partial charge in [0.25, 0.3) is 0 Å². The molecule has 18 heavy (non-hydrogen) atoms. The second-order valence-electron chi connectivity index (χ2n) is 4.31. The molecular formula is C13H21FN2O2. The first kappa shape index (κ1) is 14.9. The van der Waals surface area contributed by atoms with Gasteiger partial charge >= 0.3 is 0 Å². The lowest BCUT2D eigenvalue weighted by atomic mass is 10.2. The zero-order valence-corrected chi connectivity index (χ0v) is 11.1. The van der Waals surface area contributed by atoms with Crippen LogP contribution in [0, 0.1) is 5.82 Å². The monoisotopic (exact) mass is 256 g/mol. The van der Waals surface area contributed by atoms with Crippen LogP contribution in [0.5, 0.6) is 0 Å². The van der Waals surface area contributed by atoms with Gasteiger partial charge in [-0.1, -0.05) is 6.07 Å². The van der Waals surface area contributed by atoms with Gasteiger partial charge in [0.1, 0.15) is 5.82 Å². The molecule has 1 aromatic carbocycles. The minimum atomic E-state index is -0.628. The molecule has 1 aromatic rings. The Labute approximate surface area is 107 Å². The van der Waals surface area contributed by atoms with Crippen LogP contribution in [0.2, 0.25) is 0 Å². The Morgan fingerprint density at radius 3 is 2.78 bits per heavy atom. The highest BCUT2D eigenvalue weighted by atomic mass is 19.1. The number of benzene rings is 1. The molecule has 102 valence electrons. The Morgan fingerprint density at radius 1 is 1.50 bits per heavy atom. The fourth-order valence-electron chi connectivity index (χ4n) is 1.83.